The van der Waals surface area contributed by atoms with Crippen LogP contribution in [0, 0.1) is 0 Å². The van der Waals surface area contributed by atoms with E-state index in [1.165, 1.54) is 13.3 Å². The standard InChI is InChI=1S/C12H17N3O3S.C2H6/c1-14-7-9-5-10(8-14)15(9)19(16,17)11-3-4-12(18-2)13-6-11;1-2/h3-4,6,9-10H,5,7-8H2,1-2H3;1-2H3. The molecule has 2 fully saturated rings. The van der Waals surface area contributed by atoms with Crippen LogP contribution < -0.4 is 4.74 Å². The van der Waals surface area contributed by atoms with E-state index in [9.17, 15) is 8.42 Å². The summed E-state index contributed by atoms with van der Waals surface area (Å²) in [7, 11) is 0.111. The highest BCUT2D eigenvalue weighted by Gasteiger charge is 2.50. The lowest BCUT2D eigenvalue weighted by atomic mass is 9.92. The third-order valence-electron chi connectivity index (χ3n) is 3.80. The number of pyridine rings is 1. The molecule has 7 heteroatoms. The van der Waals surface area contributed by atoms with Crippen molar-refractivity contribution in [1.82, 2.24) is 14.2 Å². The van der Waals surface area contributed by atoms with E-state index in [1.807, 2.05) is 20.9 Å². The molecule has 0 aliphatic carbocycles. The molecule has 0 radical (unpaired) electrons. The molecular weight excluding hydrogens is 290 g/mol. The number of hydrogen-bond acceptors (Lipinski definition) is 5. The summed E-state index contributed by atoms with van der Waals surface area (Å²) in [6, 6.07) is 3.35. The van der Waals surface area contributed by atoms with Crippen molar-refractivity contribution in [2.75, 3.05) is 27.2 Å². The Morgan fingerprint density at radius 2 is 1.86 bits per heavy atom. The summed E-state index contributed by atoms with van der Waals surface area (Å²) in [5, 5.41) is 0. The molecule has 2 bridgehead atoms. The van der Waals surface area contributed by atoms with Crippen LogP contribution >= 0.6 is 0 Å². The topological polar surface area (TPSA) is 62.7 Å². The van der Waals surface area contributed by atoms with E-state index < -0.39 is 10.0 Å². The monoisotopic (exact) mass is 313 g/mol. The van der Waals surface area contributed by atoms with Gasteiger partial charge in [-0.2, -0.15) is 4.31 Å². The van der Waals surface area contributed by atoms with Crippen molar-refractivity contribution in [1.29, 1.82) is 0 Å². The first kappa shape index (κ1) is 16.2. The first-order chi connectivity index (χ1) is 10.0. The van der Waals surface area contributed by atoms with Gasteiger partial charge in [0.15, 0.2) is 0 Å². The second kappa shape index (κ2) is 6.29. The Balaban J connectivity index is 0.000000774. The number of ether oxygens (including phenoxy) is 1. The molecule has 0 spiro atoms. The van der Waals surface area contributed by atoms with Crippen molar-refractivity contribution in [2.24, 2.45) is 0 Å². The zero-order valence-electron chi connectivity index (χ0n) is 13.0. The molecule has 3 heterocycles. The Labute approximate surface area is 126 Å². The summed E-state index contributed by atoms with van der Waals surface area (Å²) in [6.07, 6.45) is 2.33. The van der Waals surface area contributed by atoms with Gasteiger partial charge >= 0.3 is 0 Å². The van der Waals surface area contributed by atoms with E-state index in [1.54, 1.807) is 16.4 Å². The number of rotatable bonds is 3. The van der Waals surface area contributed by atoms with Crippen molar-refractivity contribution in [3.63, 3.8) is 0 Å². The van der Waals surface area contributed by atoms with Crippen LogP contribution in [-0.4, -0.2) is 61.9 Å². The number of aromatic nitrogens is 1. The van der Waals surface area contributed by atoms with E-state index >= 15 is 0 Å². The SMILES string of the molecule is CC.COc1ccc(S(=O)(=O)N2C3CC2CN(C)C3)cn1. The van der Waals surface area contributed by atoms with Crippen molar-refractivity contribution < 1.29 is 13.2 Å². The van der Waals surface area contributed by atoms with Gasteiger partial charge in [-0.05, 0) is 19.5 Å². The number of piperidine rings is 1. The summed E-state index contributed by atoms with van der Waals surface area (Å²) in [4.78, 5) is 6.40. The van der Waals surface area contributed by atoms with E-state index in [2.05, 4.69) is 9.88 Å². The summed E-state index contributed by atoms with van der Waals surface area (Å²) >= 11 is 0. The van der Waals surface area contributed by atoms with Crippen molar-refractivity contribution in [3.05, 3.63) is 18.3 Å². The molecule has 0 amide bonds. The highest BCUT2D eigenvalue weighted by molar-refractivity contribution is 7.89. The number of hydrogen-bond donors (Lipinski definition) is 0. The fourth-order valence-electron chi connectivity index (χ4n) is 2.94. The van der Waals surface area contributed by atoms with Gasteiger partial charge in [0.1, 0.15) is 4.90 Å². The lowest BCUT2D eigenvalue weighted by molar-refractivity contribution is 0.00559. The molecule has 2 aliphatic heterocycles. The maximum Gasteiger partial charge on any atom is 0.245 e. The number of nitrogens with zero attached hydrogens (tertiary/aromatic N) is 3. The second-order valence-electron chi connectivity index (χ2n) is 5.14. The molecule has 6 nitrogen and oxygen atoms in total. The average molecular weight is 313 g/mol. The minimum Gasteiger partial charge on any atom is -0.481 e. The van der Waals surface area contributed by atoms with Crippen LogP contribution in [0.4, 0.5) is 0 Å². The Morgan fingerprint density at radius 1 is 1.24 bits per heavy atom. The molecule has 1 aromatic rings. The minimum atomic E-state index is -3.42. The van der Waals surface area contributed by atoms with Gasteiger partial charge in [0.05, 0.1) is 13.3 Å². The number of likely N-dealkylation sites (N-methyl/N-ethyl adjacent to an activating group) is 1. The molecule has 118 valence electrons. The molecule has 21 heavy (non-hydrogen) atoms. The average Bonchev–Trinajstić information content (AvgIpc) is 2.48. The first-order valence-electron chi connectivity index (χ1n) is 7.24. The second-order valence-corrected chi connectivity index (χ2v) is 6.98. The molecule has 2 unspecified atom stereocenters. The molecule has 3 rings (SSSR count). The quantitative estimate of drug-likeness (QED) is 0.839. The third kappa shape index (κ3) is 2.90. The lowest BCUT2D eigenvalue weighted by Gasteiger charge is -2.54. The maximum atomic E-state index is 12.6. The normalized spacial score (nSPS) is 25.5. The van der Waals surface area contributed by atoms with Crippen molar-refractivity contribution in [3.8, 4) is 5.88 Å². The maximum absolute atomic E-state index is 12.6. The van der Waals surface area contributed by atoms with E-state index in [0.717, 1.165) is 19.5 Å². The predicted octanol–water partition coefficient (Wildman–Crippen LogP) is 1.19. The van der Waals surface area contributed by atoms with Crippen LogP contribution in [-0.2, 0) is 10.0 Å². The Kier molecular flexibility index (Phi) is 4.85. The Morgan fingerprint density at radius 3 is 2.33 bits per heavy atom. The number of sulfonamides is 1. The smallest absolute Gasteiger partial charge is 0.245 e. The zero-order valence-corrected chi connectivity index (χ0v) is 13.8. The molecule has 1 aromatic heterocycles. The minimum absolute atomic E-state index is 0.107. The van der Waals surface area contributed by atoms with Crippen LogP contribution in [0.3, 0.4) is 0 Å². The van der Waals surface area contributed by atoms with Gasteiger partial charge < -0.3 is 9.64 Å². The third-order valence-corrected chi connectivity index (χ3v) is 5.79. The predicted molar refractivity (Wildman–Crippen MR) is 80.9 cm³/mol. The summed E-state index contributed by atoms with van der Waals surface area (Å²) in [5.41, 5.74) is 0. The highest BCUT2D eigenvalue weighted by atomic mass is 32.2. The van der Waals surface area contributed by atoms with Crippen LogP contribution in [0.15, 0.2) is 23.2 Å². The number of methoxy groups -OCH3 is 1. The van der Waals surface area contributed by atoms with Gasteiger partial charge in [-0.15, -0.1) is 0 Å². The van der Waals surface area contributed by atoms with E-state index in [0.29, 0.717) is 5.88 Å². The van der Waals surface area contributed by atoms with Gasteiger partial charge in [0, 0.05) is 31.2 Å². The van der Waals surface area contributed by atoms with Gasteiger partial charge in [0.2, 0.25) is 15.9 Å². The van der Waals surface area contributed by atoms with Gasteiger partial charge in [-0.25, -0.2) is 13.4 Å². The molecule has 2 aliphatic rings. The highest BCUT2D eigenvalue weighted by Crippen LogP contribution is 2.36. The molecule has 2 saturated heterocycles. The van der Waals surface area contributed by atoms with E-state index in [-0.39, 0.29) is 17.0 Å². The summed E-state index contributed by atoms with van der Waals surface area (Å²) in [6.45, 7) is 5.61. The lowest BCUT2D eigenvalue weighted by Crippen LogP contribution is -2.69. The molecule has 2 atom stereocenters. The molecule has 0 aromatic carbocycles. The largest absolute Gasteiger partial charge is 0.481 e. The molecule has 0 saturated carbocycles. The van der Waals surface area contributed by atoms with Crippen LogP contribution in [0.1, 0.15) is 20.3 Å². The van der Waals surface area contributed by atoms with Crippen LogP contribution in [0.25, 0.3) is 0 Å². The number of likely N-dealkylation sites (tertiary alicyclic amines) is 1. The van der Waals surface area contributed by atoms with Crippen LogP contribution in [0.5, 0.6) is 5.88 Å². The van der Waals surface area contributed by atoms with E-state index in [4.69, 9.17) is 4.74 Å². The molecule has 0 N–H and O–H groups in total. The van der Waals surface area contributed by atoms with Crippen LogP contribution in [0.2, 0.25) is 0 Å². The van der Waals surface area contributed by atoms with Gasteiger partial charge in [-0.3, -0.25) is 0 Å². The fraction of sp³-hybridized carbons (Fsp3) is 0.643. The van der Waals surface area contributed by atoms with Crippen molar-refractivity contribution in [2.45, 2.75) is 37.2 Å². The van der Waals surface area contributed by atoms with Gasteiger partial charge in [0.25, 0.3) is 0 Å². The fourth-order valence-corrected chi connectivity index (χ4v) is 4.70. The first-order valence-corrected chi connectivity index (χ1v) is 8.68. The zero-order chi connectivity index (χ0) is 15.6. The molecular formula is C14H23N3O3S. The Bertz CT molecular complexity index is 562. The van der Waals surface area contributed by atoms with Crippen molar-refractivity contribution >= 4 is 10.0 Å². The number of fused-ring (bicyclic) bond motifs is 2. The Hall–Kier alpha value is -1.18. The summed E-state index contributed by atoms with van der Waals surface area (Å²) < 4.78 is 31.7. The number of piperazine rings is 1. The summed E-state index contributed by atoms with van der Waals surface area (Å²) in [5.74, 6) is 0.419. The van der Waals surface area contributed by atoms with Gasteiger partial charge in [-0.1, -0.05) is 13.8 Å².